The van der Waals surface area contributed by atoms with Gasteiger partial charge in [-0.15, -0.1) is 0 Å². The molecule has 0 aliphatic rings. The van der Waals surface area contributed by atoms with Crippen LogP contribution in [0.1, 0.15) is 71.6 Å². The maximum absolute atomic E-state index is 11.1. The zero-order valence-corrected chi connectivity index (χ0v) is 16.5. The summed E-state index contributed by atoms with van der Waals surface area (Å²) >= 11 is 0. The quantitative estimate of drug-likeness (QED) is 0.326. The summed E-state index contributed by atoms with van der Waals surface area (Å²) in [7, 11) is -4.16. The Bertz CT molecular complexity index is 293. The van der Waals surface area contributed by atoms with Gasteiger partial charge in [0.2, 0.25) is 0 Å². The van der Waals surface area contributed by atoms with Crippen molar-refractivity contribution in [1.82, 2.24) is 0 Å². The molecule has 0 aliphatic heterocycles. The summed E-state index contributed by atoms with van der Waals surface area (Å²) in [6.45, 7) is 3.97. The van der Waals surface area contributed by atoms with Crippen LogP contribution in [0, 0.1) is 0 Å². The third-order valence-electron chi connectivity index (χ3n) is 3.32. The van der Waals surface area contributed by atoms with E-state index in [0.29, 0.717) is 25.7 Å². The summed E-state index contributed by atoms with van der Waals surface area (Å²) in [5, 5.41) is 8.64. The van der Waals surface area contributed by atoms with Gasteiger partial charge in [-0.3, -0.25) is 0 Å². The van der Waals surface area contributed by atoms with E-state index in [9.17, 15) is 18.1 Å². The molecule has 0 aliphatic carbocycles. The first kappa shape index (κ1) is 22.8. The Kier molecular flexibility index (Phi) is 15.8. The van der Waals surface area contributed by atoms with Crippen LogP contribution >= 0.6 is 0 Å². The summed E-state index contributed by atoms with van der Waals surface area (Å²) in [6.07, 6.45) is 6.32. The van der Waals surface area contributed by atoms with Crippen molar-refractivity contribution in [2.24, 2.45) is 0 Å². The Morgan fingerprint density at radius 2 is 1.47 bits per heavy atom. The van der Waals surface area contributed by atoms with Gasteiger partial charge in [-0.05, 0) is 25.7 Å². The Morgan fingerprint density at radius 1 is 1.00 bits per heavy atom. The molecule has 0 bridgehead atoms. The van der Waals surface area contributed by atoms with E-state index in [1.54, 1.807) is 0 Å². The average molecular weight is 319 g/mol. The summed E-state index contributed by atoms with van der Waals surface area (Å²) in [6, 6.07) is 0. The summed E-state index contributed by atoms with van der Waals surface area (Å²) < 4.78 is 33.3. The van der Waals surface area contributed by atoms with Crippen LogP contribution in [0.3, 0.4) is 0 Å². The topological polar surface area (TPSA) is 77.4 Å². The Balaban J connectivity index is 0. The smallest absolute Gasteiger partial charge is 0.748 e. The SMILES string of the molecule is CCCCCC(CCCCC(O)CC)S(=O)(=O)[O-].[K+]. The zero-order valence-electron chi connectivity index (χ0n) is 12.6. The van der Waals surface area contributed by atoms with E-state index in [1.165, 1.54) is 0 Å². The second kappa shape index (κ2) is 13.2. The van der Waals surface area contributed by atoms with Crippen LogP contribution in [-0.4, -0.2) is 29.4 Å². The van der Waals surface area contributed by atoms with Crippen molar-refractivity contribution >= 4 is 10.1 Å². The van der Waals surface area contributed by atoms with Gasteiger partial charge in [0.15, 0.2) is 0 Å². The van der Waals surface area contributed by atoms with E-state index < -0.39 is 15.4 Å². The molecule has 0 saturated heterocycles. The largest absolute Gasteiger partial charge is 1.00 e. The molecule has 0 saturated carbocycles. The number of rotatable bonds is 11. The molecule has 0 aromatic rings. The van der Waals surface area contributed by atoms with E-state index in [4.69, 9.17) is 0 Å². The molecule has 19 heavy (non-hydrogen) atoms. The van der Waals surface area contributed by atoms with E-state index >= 15 is 0 Å². The number of hydrogen-bond acceptors (Lipinski definition) is 4. The molecule has 4 nitrogen and oxygen atoms in total. The van der Waals surface area contributed by atoms with Crippen molar-refractivity contribution in [1.29, 1.82) is 0 Å². The number of hydrogen-bond donors (Lipinski definition) is 1. The first-order valence-corrected chi connectivity index (χ1v) is 8.51. The molecular weight excluding hydrogens is 291 g/mol. The van der Waals surface area contributed by atoms with Crippen molar-refractivity contribution in [3.05, 3.63) is 0 Å². The molecule has 1 N–H and O–H groups in total. The molecule has 6 heteroatoms. The third kappa shape index (κ3) is 12.9. The fourth-order valence-corrected chi connectivity index (χ4v) is 2.92. The fraction of sp³-hybridized carbons (Fsp3) is 1.00. The second-order valence-corrected chi connectivity index (χ2v) is 6.61. The van der Waals surface area contributed by atoms with Crippen molar-refractivity contribution < 1.29 is 69.5 Å². The van der Waals surface area contributed by atoms with Crippen LogP contribution in [0.2, 0.25) is 0 Å². The van der Waals surface area contributed by atoms with Gasteiger partial charge in [-0.2, -0.15) is 0 Å². The first-order chi connectivity index (χ1) is 8.41. The predicted molar refractivity (Wildman–Crippen MR) is 72.4 cm³/mol. The van der Waals surface area contributed by atoms with E-state index in [1.807, 2.05) is 13.8 Å². The van der Waals surface area contributed by atoms with Gasteiger partial charge in [0.1, 0.15) is 0 Å². The summed E-state index contributed by atoms with van der Waals surface area (Å²) in [4.78, 5) is 0. The molecule has 0 rings (SSSR count). The minimum absolute atomic E-state index is 0. The van der Waals surface area contributed by atoms with Crippen molar-refractivity contribution in [3.63, 3.8) is 0 Å². The Morgan fingerprint density at radius 3 is 1.89 bits per heavy atom. The van der Waals surface area contributed by atoms with Gasteiger partial charge in [-0.25, -0.2) is 8.42 Å². The normalized spacial score (nSPS) is 14.7. The maximum Gasteiger partial charge on any atom is 1.00 e. The van der Waals surface area contributed by atoms with E-state index in [2.05, 4.69) is 0 Å². The van der Waals surface area contributed by atoms with E-state index in [0.717, 1.165) is 32.1 Å². The van der Waals surface area contributed by atoms with Gasteiger partial charge in [0.05, 0.1) is 16.2 Å². The van der Waals surface area contributed by atoms with Crippen LogP contribution in [-0.2, 0) is 10.1 Å². The number of aliphatic hydroxyl groups is 1. The maximum atomic E-state index is 11.1. The molecular formula is C13H27KO4S. The Labute approximate surface area is 160 Å². The molecule has 0 spiro atoms. The van der Waals surface area contributed by atoms with Crippen LogP contribution in [0.25, 0.3) is 0 Å². The third-order valence-corrected chi connectivity index (χ3v) is 4.61. The average Bonchev–Trinajstić information content (AvgIpc) is 2.30. The molecule has 0 amide bonds. The molecule has 0 aromatic carbocycles. The van der Waals surface area contributed by atoms with Gasteiger partial charge in [0.25, 0.3) is 0 Å². The number of aliphatic hydroxyl groups excluding tert-OH is 1. The minimum atomic E-state index is -4.16. The monoisotopic (exact) mass is 318 g/mol. The first-order valence-electron chi connectivity index (χ1n) is 7.04. The predicted octanol–water partition coefficient (Wildman–Crippen LogP) is -0.184. The molecule has 110 valence electrons. The molecule has 0 aromatic heterocycles. The molecule has 2 atom stereocenters. The summed E-state index contributed by atoms with van der Waals surface area (Å²) in [5.41, 5.74) is 0. The minimum Gasteiger partial charge on any atom is -0.748 e. The van der Waals surface area contributed by atoms with Crippen molar-refractivity contribution in [2.75, 3.05) is 0 Å². The molecule has 0 heterocycles. The van der Waals surface area contributed by atoms with Crippen LogP contribution < -0.4 is 51.4 Å². The van der Waals surface area contributed by atoms with Gasteiger partial charge in [-0.1, -0.05) is 46.0 Å². The van der Waals surface area contributed by atoms with Crippen LogP contribution in [0.5, 0.6) is 0 Å². The van der Waals surface area contributed by atoms with Crippen LogP contribution in [0.15, 0.2) is 0 Å². The molecule has 2 unspecified atom stereocenters. The number of unbranched alkanes of at least 4 members (excludes halogenated alkanes) is 3. The standard InChI is InChI=1S/C13H28O4S.K/c1-3-5-6-10-13(18(15,16)17)11-8-7-9-12(14)4-2;/h12-14H,3-11H2,1-2H3,(H,15,16,17);/q;+1/p-1. The van der Waals surface area contributed by atoms with Gasteiger partial charge >= 0.3 is 51.4 Å². The zero-order chi connectivity index (χ0) is 14.0. The molecule has 0 radical (unpaired) electrons. The summed E-state index contributed by atoms with van der Waals surface area (Å²) in [5.74, 6) is 0. The second-order valence-electron chi connectivity index (χ2n) is 4.96. The molecule has 0 fully saturated rings. The Hall–Kier alpha value is 1.51. The van der Waals surface area contributed by atoms with Gasteiger partial charge in [0, 0.05) is 5.25 Å². The van der Waals surface area contributed by atoms with Crippen molar-refractivity contribution in [2.45, 2.75) is 83.0 Å². The van der Waals surface area contributed by atoms with Crippen LogP contribution in [0.4, 0.5) is 0 Å². The fourth-order valence-electron chi connectivity index (χ4n) is 2.01. The van der Waals surface area contributed by atoms with E-state index in [-0.39, 0.29) is 57.5 Å². The van der Waals surface area contributed by atoms with Crippen molar-refractivity contribution in [3.8, 4) is 0 Å². The van der Waals surface area contributed by atoms with Gasteiger partial charge < -0.3 is 9.66 Å².